The normalized spacial score (nSPS) is 23.9. The molecule has 2 aliphatic rings. The SMILES string of the molecule is O=S1(=O)CCC(NCCSc2ccc3c(c2)CCC3)C1. The van der Waals surface area contributed by atoms with Crippen LogP contribution < -0.4 is 5.32 Å². The van der Waals surface area contributed by atoms with E-state index >= 15 is 0 Å². The standard InChI is InChI=1S/C15H21NO2S2/c17-20(18)9-6-14(11-20)16-7-8-19-15-5-4-12-2-1-3-13(12)10-15/h4-5,10,14,16H,1-3,6-9,11H2. The lowest BCUT2D eigenvalue weighted by atomic mass is 10.1. The lowest BCUT2D eigenvalue weighted by Gasteiger charge is -2.10. The predicted molar refractivity (Wildman–Crippen MR) is 84.3 cm³/mol. The number of fused-ring (bicyclic) bond motifs is 1. The largest absolute Gasteiger partial charge is 0.312 e. The summed E-state index contributed by atoms with van der Waals surface area (Å²) in [5.41, 5.74) is 3.04. The van der Waals surface area contributed by atoms with Gasteiger partial charge in [0.05, 0.1) is 11.5 Å². The average molecular weight is 311 g/mol. The van der Waals surface area contributed by atoms with Gasteiger partial charge >= 0.3 is 0 Å². The van der Waals surface area contributed by atoms with E-state index in [1.54, 1.807) is 0 Å². The maximum atomic E-state index is 11.4. The van der Waals surface area contributed by atoms with Crippen molar-refractivity contribution in [3.63, 3.8) is 0 Å². The Morgan fingerprint density at radius 2 is 2.10 bits per heavy atom. The van der Waals surface area contributed by atoms with E-state index in [0.717, 1.165) is 18.7 Å². The smallest absolute Gasteiger partial charge is 0.151 e. The van der Waals surface area contributed by atoms with Crippen molar-refractivity contribution in [2.45, 2.75) is 36.6 Å². The Balaban J connectivity index is 1.42. The highest BCUT2D eigenvalue weighted by molar-refractivity contribution is 7.99. The highest BCUT2D eigenvalue weighted by Gasteiger charge is 2.26. The molecule has 3 nitrogen and oxygen atoms in total. The van der Waals surface area contributed by atoms with E-state index in [0.29, 0.717) is 11.5 Å². The first kappa shape index (κ1) is 14.4. The summed E-state index contributed by atoms with van der Waals surface area (Å²) in [7, 11) is -2.76. The minimum Gasteiger partial charge on any atom is -0.312 e. The van der Waals surface area contributed by atoms with E-state index in [2.05, 4.69) is 23.5 Å². The van der Waals surface area contributed by atoms with Crippen LogP contribution in [0.4, 0.5) is 0 Å². The fourth-order valence-electron chi connectivity index (χ4n) is 3.03. The van der Waals surface area contributed by atoms with E-state index in [-0.39, 0.29) is 6.04 Å². The van der Waals surface area contributed by atoms with Crippen LogP contribution >= 0.6 is 11.8 Å². The lowest BCUT2D eigenvalue weighted by molar-refractivity contribution is 0.575. The first-order chi connectivity index (χ1) is 9.62. The third-order valence-electron chi connectivity index (χ3n) is 4.11. The van der Waals surface area contributed by atoms with Gasteiger partial charge in [0.1, 0.15) is 0 Å². The minimum absolute atomic E-state index is 0.167. The van der Waals surface area contributed by atoms with Gasteiger partial charge in [-0.25, -0.2) is 8.42 Å². The van der Waals surface area contributed by atoms with Crippen LogP contribution in [0.5, 0.6) is 0 Å². The van der Waals surface area contributed by atoms with E-state index in [4.69, 9.17) is 0 Å². The first-order valence-electron chi connectivity index (χ1n) is 7.31. The Kier molecular flexibility index (Phi) is 4.38. The van der Waals surface area contributed by atoms with Gasteiger partial charge in [-0.15, -0.1) is 11.8 Å². The summed E-state index contributed by atoms with van der Waals surface area (Å²) >= 11 is 1.86. The maximum Gasteiger partial charge on any atom is 0.151 e. The van der Waals surface area contributed by atoms with Crippen molar-refractivity contribution in [2.24, 2.45) is 0 Å². The van der Waals surface area contributed by atoms with E-state index in [9.17, 15) is 8.42 Å². The van der Waals surface area contributed by atoms with Gasteiger partial charge in [0, 0.05) is 23.2 Å². The van der Waals surface area contributed by atoms with E-state index in [1.807, 2.05) is 11.8 Å². The number of hydrogen-bond acceptors (Lipinski definition) is 4. The number of rotatable bonds is 5. The van der Waals surface area contributed by atoms with Crippen molar-refractivity contribution in [2.75, 3.05) is 23.8 Å². The van der Waals surface area contributed by atoms with Gasteiger partial charge in [0.25, 0.3) is 0 Å². The minimum atomic E-state index is -2.76. The summed E-state index contributed by atoms with van der Waals surface area (Å²) in [5.74, 6) is 1.66. The molecule has 0 radical (unpaired) electrons. The molecule has 1 aliphatic carbocycles. The molecule has 0 spiro atoms. The van der Waals surface area contributed by atoms with Crippen LogP contribution in [0.25, 0.3) is 0 Å². The third-order valence-corrected chi connectivity index (χ3v) is 6.87. The van der Waals surface area contributed by atoms with Crippen LogP contribution in [0.15, 0.2) is 23.1 Å². The van der Waals surface area contributed by atoms with Crippen molar-refractivity contribution in [3.05, 3.63) is 29.3 Å². The zero-order valence-corrected chi connectivity index (χ0v) is 13.2. The highest BCUT2D eigenvalue weighted by atomic mass is 32.2. The monoisotopic (exact) mass is 311 g/mol. The quantitative estimate of drug-likeness (QED) is 0.668. The summed E-state index contributed by atoms with van der Waals surface area (Å²) in [5, 5.41) is 3.36. The average Bonchev–Trinajstić information content (AvgIpc) is 3.00. The zero-order chi connectivity index (χ0) is 14.0. The van der Waals surface area contributed by atoms with Crippen molar-refractivity contribution < 1.29 is 8.42 Å². The molecule has 5 heteroatoms. The van der Waals surface area contributed by atoms with E-state index < -0.39 is 9.84 Å². The lowest BCUT2D eigenvalue weighted by Crippen LogP contribution is -2.31. The Labute approximate surface area is 125 Å². The maximum absolute atomic E-state index is 11.4. The number of benzene rings is 1. The van der Waals surface area contributed by atoms with Gasteiger partial charge in [-0.3, -0.25) is 0 Å². The fourth-order valence-corrected chi connectivity index (χ4v) is 5.58. The molecule has 3 rings (SSSR count). The molecule has 1 heterocycles. The van der Waals surface area contributed by atoms with Gasteiger partial charge in [-0.05, 0) is 48.9 Å². The van der Waals surface area contributed by atoms with Gasteiger partial charge in [-0.2, -0.15) is 0 Å². The topological polar surface area (TPSA) is 46.2 Å². The van der Waals surface area contributed by atoms with Crippen molar-refractivity contribution in [1.82, 2.24) is 5.32 Å². The second-order valence-corrected chi connectivity index (χ2v) is 9.08. The van der Waals surface area contributed by atoms with E-state index in [1.165, 1.54) is 35.3 Å². The molecule has 20 heavy (non-hydrogen) atoms. The number of aryl methyl sites for hydroxylation is 2. The molecule has 0 bridgehead atoms. The molecule has 1 aliphatic heterocycles. The van der Waals surface area contributed by atoms with Crippen LogP contribution in [-0.4, -0.2) is 38.3 Å². The molecule has 1 N–H and O–H groups in total. The van der Waals surface area contributed by atoms with Gasteiger partial charge in [0.15, 0.2) is 9.84 Å². The highest BCUT2D eigenvalue weighted by Crippen LogP contribution is 2.27. The number of hydrogen-bond donors (Lipinski definition) is 1. The Morgan fingerprint density at radius 3 is 2.90 bits per heavy atom. The summed E-state index contributed by atoms with van der Waals surface area (Å²) in [6.07, 6.45) is 4.52. The van der Waals surface area contributed by atoms with Crippen LogP contribution in [0, 0.1) is 0 Å². The number of sulfone groups is 1. The van der Waals surface area contributed by atoms with Crippen molar-refractivity contribution >= 4 is 21.6 Å². The summed E-state index contributed by atoms with van der Waals surface area (Å²) in [6, 6.07) is 6.98. The van der Waals surface area contributed by atoms with Gasteiger partial charge in [0.2, 0.25) is 0 Å². The van der Waals surface area contributed by atoms with Gasteiger partial charge < -0.3 is 5.32 Å². The molecule has 0 amide bonds. The molecule has 1 aromatic carbocycles. The summed E-state index contributed by atoms with van der Waals surface area (Å²) in [4.78, 5) is 1.34. The van der Waals surface area contributed by atoms with Crippen LogP contribution in [0.3, 0.4) is 0 Å². The fraction of sp³-hybridized carbons (Fsp3) is 0.600. The molecule has 1 saturated heterocycles. The number of thioether (sulfide) groups is 1. The van der Waals surface area contributed by atoms with Crippen LogP contribution in [-0.2, 0) is 22.7 Å². The molecular weight excluding hydrogens is 290 g/mol. The second kappa shape index (κ2) is 6.08. The number of nitrogens with one attached hydrogen (secondary N) is 1. The molecule has 110 valence electrons. The molecule has 1 aromatic rings. The van der Waals surface area contributed by atoms with Gasteiger partial charge in [-0.1, -0.05) is 6.07 Å². The summed E-state index contributed by atoms with van der Waals surface area (Å²) in [6.45, 7) is 0.877. The molecule has 1 fully saturated rings. The second-order valence-electron chi connectivity index (χ2n) is 5.69. The zero-order valence-electron chi connectivity index (χ0n) is 11.6. The first-order valence-corrected chi connectivity index (χ1v) is 10.1. The molecular formula is C15H21NO2S2. The molecule has 0 aromatic heterocycles. The molecule has 0 saturated carbocycles. The Hall–Kier alpha value is -0.520. The predicted octanol–water partition coefficient (Wildman–Crippen LogP) is 2.04. The van der Waals surface area contributed by atoms with Crippen molar-refractivity contribution in [3.8, 4) is 0 Å². The van der Waals surface area contributed by atoms with Crippen LogP contribution in [0.1, 0.15) is 24.0 Å². The van der Waals surface area contributed by atoms with Crippen molar-refractivity contribution in [1.29, 1.82) is 0 Å². The molecule has 1 atom stereocenters. The molecule has 1 unspecified atom stereocenters. The Morgan fingerprint density at radius 1 is 1.25 bits per heavy atom. The van der Waals surface area contributed by atoms with Crippen LogP contribution in [0.2, 0.25) is 0 Å². The Bertz CT molecular complexity index is 584. The summed E-state index contributed by atoms with van der Waals surface area (Å²) < 4.78 is 22.7. The third kappa shape index (κ3) is 3.57.